The molecule has 80 valence electrons. The van der Waals surface area contributed by atoms with Gasteiger partial charge in [0.1, 0.15) is 5.75 Å². The van der Waals surface area contributed by atoms with Gasteiger partial charge in [0.25, 0.3) is 0 Å². The van der Waals surface area contributed by atoms with Crippen LogP contribution in [0.2, 0.25) is 0 Å². The van der Waals surface area contributed by atoms with Crippen LogP contribution in [0.1, 0.15) is 12.5 Å². The molecular weight excluding hydrogens is 192 g/mol. The maximum atomic E-state index is 11.2. The van der Waals surface area contributed by atoms with E-state index in [0.29, 0.717) is 6.54 Å². The van der Waals surface area contributed by atoms with Gasteiger partial charge in [-0.2, -0.15) is 0 Å². The van der Waals surface area contributed by atoms with Gasteiger partial charge in [-0.25, -0.2) is 4.79 Å². The third kappa shape index (κ3) is 1.63. The molecule has 1 aromatic carbocycles. The van der Waals surface area contributed by atoms with Crippen LogP contribution in [0.25, 0.3) is 0 Å². The van der Waals surface area contributed by atoms with Gasteiger partial charge in [0.15, 0.2) is 0 Å². The number of ether oxygens (including phenoxy) is 1. The van der Waals surface area contributed by atoms with Crippen molar-refractivity contribution in [3.05, 3.63) is 29.8 Å². The Labute approximate surface area is 88.6 Å². The van der Waals surface area contributed by atoms with Gasteiger partial charge in [0.05, 0.1) is 12.6 Å². The highest BCUT2D eigenvalue weighted by atomic mass is 16.5. The second-order valence-electron chi connectivity index (χ2n) is 3.84. The second-order valence-corrected chi connectivity index (χ2v) is 3.84. The van der Waals surface area contributed by atoms with E-state index in [1.165, 1.54) is 0 Å². The van der Waals surface area contributed by atoms with E-state index in [1.807, 2.05) is 31.2 Å². The molecule has 2 rings (SSSR count). The molecule has 0 aromatic heterocycles. The molecule has 1 aromatic rings. The van der Waals surface area contributed by atoms with Crippen LogP contribution in [0, 0.1) is 0 Å². The van der Waals surface area contributed by atoms with Crippen LogP contribution in [0.4, 0.5) is 4.79 Å². The molecule has 0 bridgehead atoms. The maximum Gasteiger partial charge on any atom is 0.315 e. The van der Waals surface area contributed by atoms with Crippen molar-refractivity contribution in [2.45, 2.75) is 12.5 Å². The lowest BCUT2D eigenvalue weighted by molar-refractivity contribution is 0.245. The molecule has 15 heavy (non-hydrogen) atoms. The van der Waals surface area contributed by atoms with Gasteiger partial charge in [-0.1, -0.05) is 18.2 Å². The van der Waals surface area contributed by atoms with Crippen LogP contribution in [0.15, 0.2) is 24.3 Å². The van der Waals surface area contributed by atoms with Crippen molar-refractivity contribution in [1.82, 2.24) is 10.6 Å². The van der Waals surface area contributed by atoms with Crippen molar-refractivity contribution >= 4 is 6.03 Å². The predicted molar refractivity (Wildman–Crippen MR) is 56.9 cm³/mol. The normalized spacial score (nSPS) is 24.5. The predicted octanol–water partition coefficient (Wildman–Crippen LogP) is 1.22. The largest absolute Gasteiger partial charge is 0.496 e. The Bertz CT molecular complexity index is 392. The summed E-state index contributed by atoms with van der Waals surface area (Å²) in [4.78, 5) is 11.2. The summed E-state index contributed by atoms with van der Waals surface area (Å²) in [5.41, 5.74) is 0.606. The Kier molecular flexibility index (Phi) is 2.26. The molecule has 1 heterocycles. The number of rotatable bonds is 2. The van der Waals surface area contributed by atoms with Crippen LogP contribution in [0.5, 0.6) is 5.75 Å². The number of amides is 2. The second kappa shape index (κ2) is 3.46. The molecule has 1 saturated heterocycles. The smallest absolute Gasteiger partial charge is 0.315 e. The van der Waals surface area contributed by atoms with Crippen LogP contribution in [-0.2, 0) is 5.54 Å². The molecular formula is C11H14N2O2. The standard InChI is InChI=1S/C11H14N2O2/c1-11(7-12-10(14)13-11)8-5-3-4-6-9(8)15-2/h3-6H,7H2,1-2H3,(H2,12,13,14). The Hall–Kier alpha value is -1.71. The topological polar surface area (TPSA) is 50.4 Å². The monoisotopic (exact) mass is 206 g/mol. The number of carbonyl (C=O) groups excluding carboxylic acids is 1. The zero-order valence-electron chi connectivity index (χ0n) is 8.83. The molecule has 0 spiro atoms. The summed E-state index contributed by atoms with van der Waals surface area (Å²) in [5, 5.41) is 5.65. The number of carbonyl (C=O) groups is 1. The first-order valence-corrected chi connectivity index (χ1v) is 4.85. The van der Waals surface area contributed by atoms with E-state index < -0.39 is 0 Å². The summed E-state index contributed by atoms with van der Waals surface area (Å²) < 4.78 is 5.28. The Morgan fingerprint density at radius 1 is 1.40 bits per heavy atom. The van der Waals surface area contributed by atoms with Crippen LogP contribution >= 0.6 is 0 Å². The molecule has 1 fully saturated rings. The van der Waals surface area contributed by atoms with Crippen molar-refractivity contribution in [3.63, 3.8) is 0 Å². The highest BCUT2D eigenvalue weighted by Gasteiger charge is 2.36. The highest BCUT2D eigenvalue weighted by molar-refractivity contribution is 5.78. The Morgan fingerprint density at radius 2 is 2.13 bits per heavy atom. The van der Waals surface area contributed by atoms with Crippen LogP contribution in [0.3, 0.4) is 0 Å². The molecule has 4 nitrogen and oxygen atoms in total. The highest BCUT2D eigenvalue weighted by Crippen LogP contribution is 2.30. The quantitative estimate of drug-likeness (QED) is 0.764. The van der Waals surface area contributed by atoms with Gasteiger partial charge in [0.2, 0.25) is 0 Å². The lowest BCUT2D eigenvalue weighted by Crippen LogP contribution is -2.37. The number of benzene rings is 1. The number of urea groups is 1. The number of methoxy groups -OCH3 is 1. The number of hydrogen-bond acceptors (Lipinski definition) is 2. The van der Waals surface area contributed by atoms with E-state index >= 15 is 0 Å². The van der Waals surface area contributed by atoms with E-state index in [9.17, 15) is 4.79 Å². The van der Waals surface area contributed by atoms with E-state index in [0.717, 1.165) is 11.3 Å². The van der Waals surface area contributed by atoms with Crippen molar-refractivity contribution in [3.8, 4) is 5.75 Å². The van der Waals surface area contributed by atoms with Crippen LogP contribution < -0.4 is 15.4 Å². The summed E-state index contributed by atoms with van der Waals surface area (Å²) >= 11 is 0. The first-order chi connectivity index (χ1) is 7.15. The van der Waals surface area contributed by atoms with Crippen molar-refractivity contribution in [1.29, 1.82) is 0 Å². The van der Waals surface area contributed by atoms with Gasteiger partial charge in [0, 0.05) is 12.1 Å². The van der Waals surface area contributed by atoms with Gasteiger partial charge in [-0.3, -0.25) is 0 Å². The lowest BCUT2D eigenvalue weighted by Gasteiger charge is -2.24. The SMILES string of the molecule is COc1ccccc1C1(C)CNC(=O)N1. The number of hydrogen-bond donors (Lipinski definition) is 2. The fraction of sp³-hybridized carbons (Fsp3) is 0.364. The minimum absolute atomic E-state index is 0.136. The number of nitrogens with one attached hydrogen (secondary N) is 2. The zero-order chi connectivity index (χ0) is 10.9. The van der Waals surface area contributed by atoms with E-state index in [4.69, 9.17) is 4.74 Å². The van der Waals surface area contributed by atoms with E-state index in [-0.39, 0.29) is 11.6 Å². The summed E-state index contributed by atoms with van der Waals surface area (Å²) in [5.74, 6) is 0.795. The zero-order valence-corrected chi connectivity index (χ0v) is 8.83. The molecule has 1 atom stereocenters. The molecule has 2 amide bonds. The van der Waals surface area contributed by atoms with Crippen molar-refractivity contribution in [2.24, 2.45) is 0 Å². The Balaban J connectivity index is 2.40. The minimum Gasteiger partial charge on any atom is -0.496 e. The third-order valence-corrected chi connectivity index (χ3v) is 2.69. The molecule has 4 heteroatoms. The summed E-state index contributed by atoms with van der Waals surface area (Å²) in [6.07, 6.45) is 0. The van der Waals surface area contributed by atoms with Crippen molar-refractivity contribution < 1.29 is 9.53 Å². The maximum absolute atomic E-state index is 11.2. The first-order valence-electron chi connectivity index (χ1n) is 4.85. The number of para-hydroxylation sites is 1. The third-order valence-electron chi connectivity index (χ3n) is 2.69. The van der Waals surface area contributed by atoms with Crippen LogP contribution in [-0.4, -0.2) is 19.7 Å². The molecule has 2 N–H and O–H groups in total. The van der Waals surface area contributed by atoms with Gasteiger partial charge >= 0.3 is 6.03 Å². The summed E-state index contributed by atoms with van der Waals surface area (Å²) in [6.45, 7) is 2.55. The molecule has 1 aliphatic heterocycles. The molecule has 1 unspecified atom stereocenters. The fourth-order valence-corrected chi connectivity index (χ4v) is 1.86. The summed E-state index contributed by atoms with van der Waals surface area (Å²) in [6, 6.07) is 7.57. The van der Waals surface area contributed by atoms with E-state index in [1.54, 1.807) is 7.11 Å². The van der Waals surface area contributed by atoms with E-state index in [2.05, 4.69) is 10.6 Å². The molecule has 0 saturated carbocycles. The average Bonchev–Trinajstić information content (AvgIpc) is 2.60. The van der Waals surface area contributed by atoms with Gasteiger partial charge in [-0.05, 0) is 13.0 Å². The Morgan fingerprint density at radius 3 is 2.73 bits per heavy atom. The summed E-state index contributed by atoms with van der Waals surface area (Å²) in [7, 11) is 1.63. The van der Waals surface area contributed by atoms with Gasteiger partial charge < -0.3 is 15.4 Å². The lowest BCUT2D eigenvalue weighted by atomic mass is 9.92. The van der Waals surface area contributed by atoms with Gasteiger partial charge in [-0.15, -0.1) is 0 Å². The first kappa shape index (κ1) is 9.83. The molecule has 1 aliphatic rings. The van der Waals surface area contributed by atoms with Crippen molar-refractivity contribution in [2.75, 3.05) is 13.7 Å². The molecule has 0 aliphatic carbocycles. The minimum atomic E-state index is -0.385. The molecule has 0 radical (unpaired) electrons. The average molecular weight is 206 g/mol. The fourth-order valence-electron chi connectivity index (χ4n) is 1.86.